The molecule has 112 valence electrons. The van der Waals surface area contributed by atoms with Gasteiger partial charge in [0, 0.05) is 43.6 Å². The predicted molar refractivity (Wildman–Crippen MR) is 83.0 cm³/mol. The maximum atomic E-state index is 5.71. The van der Waals surface area contributed by atoms with Gasteiger partial charge in [-0.05, 0) is 39.3 Å². The maximum Gasteiger partial charge on any atom is 0.225 e. The van der Waals surface area contributed by atoms with E-state index in [-0.39, 0.29) is 0 Å². The van der Waals surface area contributed by atoms with Gasteiger partial charge < -0.3 is 10.6 Å². The van der Waals surface area contributed by atoms with Gasteiger partial charge in [0.15, 0.2) is 0 Å². The van der Waals surface area contributed by atoms with Crippen LogP contribution in [0.25, 0.3) is 0 Å². The van der Waals surface area contributed by atoms with Gasteiger partial charge in [0.25, 0.3) is 0 Å². The van der Waals surface area contributed by atoms with Crippen molar-refractivity contribution in [1.82, 2.24) is 14.9 Å². The Hall–Kier alpha value is -1.20. The number of anilines is 1. The molecular formula is C15H27N5. The van der Waals surface area contributed by atoms with Crippen molar-refractivity contribution in [3.63, 3.8) is 0 Å². The molecule has 1 saturated heterocycles. The first-order valence-corrected chi connectivity index (χ1v) is 7.65. The Morgan fingerprint density at radius 2 is 1.75 bits per heavy atom. The van der Waals surface area contributed by atoms with Gasteiger partial charge in [0.2, 0.25) is 5.95 Å². The van der Waals surface area contributed by atoms with Crippen molar-refractivity contribution >= 4 is 5.95 Å². The van der Waals surface area contributed by atoms with E-state index in [0.29, 0.717) is 6.04 Å². The minimum atomic E-state index is 0.627. The molecule has 1 aromatic heterocycles. The lowest BCUT2D eigenvalue weighted by Gasteiger charge is -2.39. The van der Waals surface area contributed by atoms with Crippen LogP contribution in [0.3, 0.4) is 0 Å². The number of nitrogens with zero attached hydrogens (tertiary/aromatic N) is 4. The van der Waals surface area contributed by atoms with E-state index in [0.717, 1.165) is 56.5 Å². The average Bonchev–Trinajstić information content (AvgIpc) is 2.44. The summed E-state index contributed by atoms with van der Waals surface area (Å²) >= 11 is 0. The van der Waals surface area contributed by atoms with Crippen LogP contribution in [0.2, 0.25) is 0 Å². The van der Waals surface area contributed by atoms with Crippen molar-refractivity contribution in [2.24, 2.45) is 5.73 Å². The van der Waals surface area contributed by atoms with E-state index < -0.39 is 0 Å². The average molecular weight is 277 g/mol. The van der Waals surface area contributed by atoms with Gasteiger partial charge in [-0.25, -0.2) is 9.97 Å². The maximum absolute atomic E-state index is 5.71. The molecule has 0 aromatic carbocycles. The number of nitrogens with two attached hydrogens (primary N) is 1. The SMILES string of the molecule is CCC(CCN)N1CCN(c2nc(C)cc(C)n2)CC1. The molecule has 1 aliphatic rings. The van der Waals surface area contributed by atoms with Crippen LogP contribution in [0.5, 0.6) is 0 Å². The first-order valence-electron chi connectivity index (χ1n) is 7.65. The highest BCUT2D eigenvalue weighted by atomic mass is 15.3. The van der Waals surface area contributed by atoms with E-state index in [1.165, 1.54) is 6.42 Å². The summed E-state index contributed by atoms with van der Waals surface area (Å²) in [4.78, 5) is 14.0. The zero-order valence-corrected chi connectivity index (χ0v) is 13.0. The highest BCUT2D eigenvalue weighted by Crippen LogP contribution is 2.16. The highest BCUT2D eigenvalue weighted by Gasteiger charge is 2.23. The Morgan fingerprint density at radius 1 is 1.15 bits per heavy atom. The van der Waals surface area contributed by atoms with E-state index >= 15 is 0 Å². The van der Waals surface area contributed by atoms with Crippen molar-refractivity contribution in [2.45, 2.75) is 39.7 Å². The Kier molecular flexibility index (Phi) is 5.31. The Morgan fingerprint density at radius 3 is 2.25 bits per heavy atom. The summed E-state index contributed by atoms with van der Waals surface area (Å²) < 4.78 is 0. The van der Waals surface area contributed by atoms with Gasteiger partial charge in [0.05, 0.1) is 0 Å². The monoisotopic (exact) mass is 277 g/mol. The first kappa shape index (κ1) is 15.2. The second kappa shape index (κ2) is 6.99. The molecule has 0 bridgehead atoms. The van der Waals surface area contributed by atoms with E-state index in [2.05, 4.69) is 26.7 Å². The summed E-state index contributed by atoms with van der Waals surface area (Å²) in [5.41, 5.74) is 7.80. The van der Waals surface area contributed by atoms with Crippen LogP contribution in [0.4, 0.5) is 5.95 Å². The van der Waals surface area contributed by atoms with Gasteiger partial charge in [-0.3, -0.25) is 4.90 Å². The lowest BCUT2D eigenvalue weighted by molar-refractivity contribution is 0.172. The van der Waals surface area contributed by atoms with Crippen molar-refractivity contribution < 1.29 is 0 Å². The van der Waals surface area contributed by atoms with E-state index in [4.69, 9.17) is 5.73 Å². The molecule has 2 N–H and O–H groups in total. The largest absolute Gasteiger partial charge is 0.338 e. The zero-order valence-electron chi connectivity index (χ0n) is 13.0. The van der Waals surface area contributed by atoms with Crippen LogP contribution in [-0.2, 0) is 0 Å². The summed E-state index contributed by atoms with van der Waals surface area (Å²) in [5, 5.41) is 0. The van der Waals surface area contributed by atoms with Crippen LogP contribution in [-0.4, -0.2) is 53.6 Å². The van der Waals surface area contributed by atoms with Crippen LogP contribution in [0, 0.1) is 13.8 Å². The van der Waals surface area contributed by atoms with Crippen LogP contribution < -0.4 is 10.6 Å². The third kappa shape index (κ3) is 3.67. The molecule has 1 unspecified atom stereocenters. The molecule has 5 heteroatoms. The quantitative estimate of drug-likeness (QED) is 0.880. The van der Waals surface area contributed by atoms with Crippen LogP contribution in [0.15, 0.2) is 6.07 Å². The Labute approximate surface area is 122 Å². The third-order valence-electron chi connectivity index (χ3n) is 4.06. The summed E-state index contributed by atoms with van der Waals surface area (Å²) in [6, 6.07) is 2.65. The number of aromatic nitrogens is 2. The number of hydrogen-bond donors (Lipinski definition) is 1. The molecular weight excluding hydrogens is 250 g/mol. The second-order valence-corrected chi connectivity index (χ2v) is 5.61. The molecule has 0 spiro atoms. The van der Waals surface area contributed by atoms with Gasteiger partial charge in [-0.15, -0.1) is 0 Å². The molecule has 2 rings (SSSR count). The molecule has 0 aliphatic carbocycles. The van der Waals surface area contributed by atoms with Crippen molar-refractivity contribution in [3.8, 4) is 0 Å². The molecule has 1 fully saturated rings. The van der Waals surface area contributed by atoms with E-state index in [1.54, 1.807) is 0 Å². The molecule has 1 atom stereocenters. The first-order chi connectivity index (χ1) is 9.63. The fourth-order valence-corrected chi connectivity index (χ4v) is 2.97. The standard InChI is InChI=1S/C15H27N5/c1-4-14(5-6-16)19-7-9-20(10-8-19)15-17-12(2)11-13(3)18-15/h11,14H,4-10,16H2,1-3H3. The van der Waals surface area contributed by atoms with Crippen molar-refractivity contribution in [3.05, 3.63) is 17.5 Å². The van der Waals surface area contributed by atoms with Gasteiger partial charge in [0.1, 0.15) is 0 Å². The summed E-state index contributed by atoms with van der Waals surface area (Å²) in [5.74, 6) is 0.883. The third-order valence-corrected chi connectivity index (χ3v) is 4.06. The molecule has 20 heavy (non-hydrogen) atoms. The number of piperazine rings is 1. The number of aryl methyl sites for hydroxylation is 2. The van der Waals surface area contributed by atoms with E-state index in [1.807, 2.05) is 19.9 Å². The van der Waals surface area contributed by atoms with E-state index in [9.17, 15) is 0 Å². The summed E-state index contributed by atoms with van der Waals surface area (Å²) in [6.07, 6.45) is 2.27. The van der Waals surface area contributed by atoms with Crippen LogP contribution in [0.1, 0.15) is 31.2 Å². The number of rotatable bonds is 5. The zero-order chi connectivity index (χ0) is 14.5. The Bertz CT molecular complexity index is 406. The normalized spacial score (nSPS) is 18.3. The smallest absolute Gasteiger partial charge is 0.225 e. The van der Waals surface area contributed by atoms with Gasteiger partial charge in [-0.1, -0.05) is 6.92 Å². The molecule has 0 saturated carbocycles. The second-order valence-electron chi connectivity index (χ2n) is 5.61. The Balaban J connectivity index is 1.96. The van der Waals surface area contributed by atoms with Crippen molar-refractivity contribution in [2.75, 3.05) is 37.6 Å². The summed E-state index contributed by atoms with van der Waals surface area (Å²) in [6.45, 7) is 11.3. The lowest BCUT2D eigenvalue weighted by atomic mass is 10.1. The highest BCUT2D eigenvalue weighted by molar-refractivity contribution is 5.32. The fourth-order valence-electron chi connectivity index (χ4n) is 2.97. The summed E-state index contributed by atoms with van der Waals surface area (Å²) in [7, 11) is 0. The molecule has 1 aliphatic heterocycles. The lowest BCUT2D eigenvalue weighted by Crippen LogP contribution is -2.51. The minimum Gasteiger partial charge on any atom is -0.338 e. The topological polar surface area (TPSA) is 58.3 Å². The fraction of sp³-hybridized carbons (Fsp3) is 0.733. The molecule has 2 heterocycles. The van der Waals surface area contributed by atoms with Crippen molar-refractivity contribution in [1.29, 1.82) is 0 Å². The minimum absolute atomic E-state index is 0.627. The molecule has 5 nitrogen and oxygen atoms in total. The predicted octanol–water partition coefficient (Wildman–Crippen LogP) is 1.34. The van der Waals surface area contributed by atoms with Crippen LogP contribution >= 0.6 is 0 Å². The van der Waals surface area contributed by atoms with Gasteiger partial charge in [-0.2, -0.15) is 0 Å². The molecule has 0 amide bonds. The number of hydrogen-bond acceptors (Lipinski definition) is 5. The molecule has 0 radical (unpaired) electrons. The van der Waals surface area contributed by atoms with Gasteiger partial charge >= 0.3 is 0 Å². The molecule has 1 aromatic rings.